The first-order valence-electron chi connectivity index (χ1n) is 6.26. The van der Waals surface area contributed by atoms with E-state index in [4.69, 9.17) is 0 Å². The molecule has 17 heavy (non-hydrogen) atoms. The Kier molecular flexibility index (Phi) is 4.94. The fraction of sp³-hybridized carbons (Fsp3) is 0.909. The minimum atomic E-state index is -3.46. The van der Waals surface area contributed by atoms with Gasteiger partial charge in [-0.2, -0.15) is 0 Å². The molecule has 1 amide bonds. The maximum Gasteiger partial charge on any atom is 0.253 e. The van der Waals surface area contributed by atoms with Crippen molar-refractivity contribution in [2.24, 2.45) is 0 Å². The van der Waals surface area contributed by atoms with E-state index in [2.05, 4.69) is 10.0 Å². The molecule has 1 rings (SSSR count). The molecule has 1 heterocycles. The highest BCUT2D eigenvalue weighted by Crippen LogP contribution is 2.25. The summed E-state index contributed by atoms with van der Waals surface area (Å²) in [6.07, 6.45) is 3.68. The van der Waals surface area contributed by atoms with Crippen LogP contribution in [0, 0.1) is 0 Å². The largest absolute Gasteiger partial charge is 0.303 e. The molecule has 0 aromatic rings. The van der Waals surface area contributed by atoms with Gasteiger partial charge in [-0.25, -0.2) is 8.42 Å². The molecule has 1 unspecified atom stereocenters. The van der Waals surface area contributed by atoms with Crippen molar-refractivity contribution in [2.75, 3.05) is 12.3 Å². The van der Waals surface area contributed by atoms with Gasteiger partial charge in [-0.15, -0.1) is 0 Å². The molecule has 1 fully saturated rings. The van der Waals surface area contributed by atoms with E-state index in [0.717, 1.165) is 19.4 Å². The minimum Gasteiger partial charge on any atom is -0.303 e. The smallest absolute Gasteiger partial charge is 0.253 e. The monoisotopic (exact) mass is 262 g/mol. The molecule has 5 nitrogen and oxygen atoms in total. The van der Waals surface area contributed by atoms with Crippen molar-refractivity contribution in [3.05, 3.63) is 0 Å². The maximum atomic E-state index is 12.1. The van der Waals surface area contributed by atoms with Crippen molar-refractivity contribution in [1.29, 1.82) is 0 Å². The quantitative estimate of drug-likeness (QED) is 0.741. The van der Waals surface area contributed by atoms with Gasteiger partial charge < -0.3 is 5.32 Å². The van der Waals surface area contributed by atoms with Gasteiger partial charge in [0.1, 0.15) is 0 Å². The first kappa shape index (κ1) is 14.4. The van der Waals surface area contributed by atoms with Crippen LogP contribution in [0.2, 0.25) is 0 Å². The van der Waals surface area contributed by atoms with E-state index < -0.39 is 15.6 Å². The van der Waals surface area contributed by atoms with Crippen LogP contribution >= 0.6 is 0 Å². The van der Waals surface area contributed by atoms with E-state index in [-0.39, 0.29) is 11.7 Å². The normalized spacial score (nSPS) is 24.8. The van der Waals surface area contributed by atoms with Crippen molar-refractivity contribution >= 4 is 15.9 Å². The van der Waals surface area contributed by atoms with Crippen molar-refractivity contribution < 1.29 is 13.2 Å². The van der Waals surface area contributed by atoms with E-state index in [1.165, 1.54) is 0 Å². The number of amides is 1. The molecule has 100 valence electrons. The minimum absolute atomic E-state index is 0.000938. The Labute approximate surface area is 103 Å². The van der Waals surface area contributed by atoms with Gasteiger partial charge in [-0.05, 0) is 32.2 Å². The summed E-state index contributed by atoms with van der Waals surface area (Å²) < 4.78 is 25.4. The second kappa shape index (κ2) is 5.82. The summed E-state index contributed by atoms with van der Waals surface area (Å²) in [4.78, 5) is 12.1. The van der Waals surface area contributed by atoms with Crippen LogP contribution in [0.15, 0.2) is 0 Å². The third-order valence-corrected chi connectivity index (χ3v) is 4.52. The van der Waals surface area contributed by atoms with Crippen molar-refractivity contribution in [2.45, 2.75) is 51.5 Å². The molecule has 1 atom stereocenters. The second-order valence-corrected chi connectivity index (χ2v) is 6.45. The predicted octanol–water partition coefficient (Wildman–Crippen LogP) is 0.765. The van der Waals surface area contributed by atoms with Crippen LogP contribution in [0.3, 0.4) is 0 Å². The highest BCUT2D eigenvalue weighted by Gasteiger charge is 2.41. The Bertz CT molecular complexity index is 359. The number of carbonyl (C=O) groups is 1. The number of hydrogen-bond acceptors (Lipinski definition) is 4. The molecule has 0 bridgehead atoms. The van der Waals surface area contributed by atoms with Gasteiger partial charge >= 0.3 is 0 Å². The molecule has 0 aliphatic carbocycles. The summed E-state index contributed by atoms with van der Waals surface area (Å²) in [7, 11) is -3.46. The lowest BCUT2D eigenvalue weighted by atomic mass is 9.91. The van der Waals surface area contributed by atoms with Crippen molar-refractivity contribution in [3.8, 4) is 0 Å². The van der Waals surface area contributed by atoms with Gasteiger partial charge in [0.25, 0.3) is 5.91 Å². The highest BCUT2D eigenvalue weighted by atomic mass is 32.2. The topological polar surface area (TPSA) is 75.3 Å². The van der Waals surface area contributed by atoms with Gasteiger partial charge in [-0.3, -0.25) is 9.52 Å². The lowest BCUT2D eigenvalue weighted by molar-refractivity contribution is -0.125. The van der Waals surface area contributed by atoms with Gasteiger partial charge in [0.15, 0.2) is 0 Å². The summed E-state index contributed by atoms with van der Waals surface area (Å²) in [5, 5.41) is 3.16. The molecule has 1 aliphatic rings. The Morgan fingerprint density at radius 2 is 2.06 bits per heavy atom. The Morgan fingerprint density at radius 3 is 2.53 bits per heavy atom. The summed E-state index contributed by atoms with van der Waals surface area (Å²) in [6.45, 7) is 4.55. The second-order valence-electron chi connectivity index (χ2n) is 4.61. The summed E-state index contributed by atoms with van der Waals surface area (Å²) >= 11 is 0. The molecule has 6 heteroatoms. The summed E-state index contributed by atoms with van der Waals surface area (Å²) in [5.74, 6) is -0.383. The molecule has 1 saturated heterocycles. The number of carbonyl (C=O) groups excluding carboxylic acids is 1. The summed E-state index contributed by atoms with van der Waals surface area (Å²) in [6, 6.07) is 0. The van der Waals surface area contributed by atoms with E-state index in [1.54, 1.807) is 6.92 Å². The first-order valence-corrected chi connectivity index (χ1v) is 7.91. The molecular weight excluding hydrogens is 240 g/mol. The molecule has 1 aliphatic heterocycles. The lowest BCUT2D eigenvalue weighted by Gasteiger charge is -2.27. The molecule has 0 aromatic heterocycles. The van der Waals surface area contributed by atoms with Gasteiger partial charge in [0.05, 0.1) is 11.3 Å². The van der Waals surface area contributed by atoms with Crippen LogP contribution < -0.4 is 10.0 Å². The molecular formula is C11H22N2O3S. The SMILES string of the molecule is CCCC1(C(=O)NS(=O)(=O)CCC)CCCN1. The van der Waals surface area contributed by atoms with Crippen LogP contribution in [0.1, 0.15) is 46.0 Å². The number of hydrogen-bond donors (Lipinski definition) is 2. The van der Waals surface area contributed by atoms with Crippen LogP contribution in [0.4, 0.5) is 0 Å². The maximum absolute atomic E-state index is 12.1. The molecule has 0 aromatic carbocycles. The molecule has 0 saturated carbocycles. The number of nitrogens with one attached hydrogen (secondary N) is 2. The summed E-state index contributed by atoms with van der Waals surface area (Å²) in [5.41, 5.74) is -0.671. The lowest BCUT2D eigenvalue weighted by Crippen LogP contribution is -2.55. The van der Waals surface area contributed by atoms with Crippen molar-refractivity contribution in [3.63, 3.8) is 0 Å². The number of rotatable bonds is 6. The fourth-order valence-corrected chi connectivity index (χ4v) is 3.43. The Balaban J connectivity index is 2.73. The van der Waals surface area contributed by atoms with Crippen LogP contribution in [-0.4, -0.2) is 32.2 Å². The Morgan fingerprint density at radius 1 is 1.35 bits per heavy atom. The first-order chi connectivity index (χ1) is 7.96. The van der Waals surface area contributed by atoms with Crippen LogP contribution in [0.5, 0.6) is 0 Å². The van der Waals surface area contributed by atoms with Crippen molar-refractivity contribution in [1.82, 2.24) is 10.0 Å². The average molecular weight is 262 g/mol. The van der Waals surface area contributed by atoms with Gasteiger partial charge in [0, 0.05) is 0 Å². The van der Waals surface area contributed by atoms with Gasteiger partial charge in [0.2, 0.25) is 10.0 Å². The van der Waals surface area contributed by atoms with E-state index in [0.29, 0.717) is 19.3 Å². The third kappa shape index (κ3) is 3.67. The Hall–Kier alpha value is -0.620. The van der Waals surface area contributed by atoms with E-state index in [9.17, 15) is 13.2 Å². The zero-order chi connectivity index (χ0) is 12.9. The zero-order valence-corrected chi connectivity index (χ0v) is 11.4. The third-order valence-electron chi connectivity index (χ3n) is 3.08. The molecule has 0 spiro atoms. The van der Waals surface area contributed by atoms with Crippen LogP contribution in [0.25, 0.3) is 0 Å². The predicted molar refractivity (Wildman–Crippen MR) is 67.1 cm³/mol. The highest BCUT2D eigenvalue weighted by molar-refractivity contribution is 7.90. The number of sulfonamides is 1. The molecule has 2 N–H and O–H groups in total. The van der Waals surface area contributed by atoms with Gasteiger partial charge in [-0.1, -0.05) is 20.3 Å². The zero-order valence-electron chi connectivity index (χ0n) is 10.6. The fourth-order valence-electron chi connectivity index (χ4n) is 2.31. The standard InChI is InChI=1S/C11H22N2O3S/c1-3-6-11(7-5-8-12-11)10(14)13-17(15,16)9-4-2/h12H,3-9H2,1-2H3,(H,13,14). The van der Waals surface area contributed by atoms with E-state index >= 15 is 0 Å². The molecule has 0 radical (unpaired) electrons. The van der Waals surface area contributed by atoms with E-state index in [1.807, 2.05) is 6.92 Å². The average Bonchev–Trinajstić information content (AvgIpc) is 2.67. The van der Waals surface area contributed by atoms with Crippen LogP contribution in [-0.2, 0) is 14.8 Å².